The van der Waals surface area contributed by atoms with Crippen LogP contribution < -0.4 is 0 Å². The van der Waals surface area contributed by atoms with E-state index in [2.05, 4.69) is 0 Å². The first kappa shape index (κ1) is 6.14. The molecule has 2 rings (SSSR count). The topological polar surface area (TPSA) is 0 Å². The van der Waals surface area contributed by atoms with Crippen LogP contribution in [0.5, 0.6) is 0 Å². The molecule has 0 saturated carbocycles. The zero-order valence-electron chi connectivity index (χ0n) is 4.47. The number of halogens is 2. The highest BCUT2D eigenvalue weighted by Crippen LogP contribution is 2.71. The fourth-order valence-electron chi connectivity index (χ4n) is 0.845. The second-order valence-electron chi connectivity index (χ2n) is 2.11. The van der Waals surface area contributed by atoms with E-state index in [0.717, 1.165) is 0 Å². The minimum atomic E-state index is -0.330. The van der Waals surface area contributed by atoms with Gasteiger partial charge in [-0.15, -0.1) is 11.8 Å². The van der Waals surface area contributed by atoms with Crippen molar-refractivity contribution < 1.29 is 0 Å². The zero-order chi connectivity index (χ0) is 6.54. The lowest BCUT2D eigenvalue weighted by Gasteiger charge is -2.04. The lowest BCUT2D eigenvalue weighted by Crippen LogP contribution is -2.10. The van der Waals surface area contributed by atoms with Gasteiger partial charge in [-0.2, -0.15) is 0 Å². The van der Waals surface area contributed by atoms with Crippen molar-refractivity contribution >= 4 is 35.0 Å². The summed E-state index contributed by atoms with van der Waals surface area (Å²) in [6.07, 6.45) is 7.69. The molecule has 1 fully saturated rings. The highest BCUT2D eigenvalue weighted by molar-refractivity contribution is 8.13. The number of fused-ring (bicyclic) bond motifs is 1. The van der Waals surface area contributed by atoms with E-state index in [4.69, 9.17) is 23.2 Å². The first-order valence-electron chi connectivity index (χ1n) is 2.61. The Morgan fingerprint density at radius 1 is 1.00 bits per heavy atom. The Labute approximate surface area is 67.9 Å². The minimum absolute atomic E-state index is 0.330. The van der Waals surface area contributed by atoms with Gasteiger partial charge in [-0.3, -0.25) is 0 Å². The molecule has 1 saturated heterocycles. The van der Waals surface area contributed by atoms with E-state index in [1.165, 1.54) is 0 Å². The molecule has 2 aliphatic rings. The van der Waals surface area contributed by atoms with Crippen LogP contribution in [0.2, 0.25) is 0 Å². The molecule has 48 valence electrons. The van der Waals surface area contributed by atoms with Gasteiger partial charge < -0.3 is 0 Å². The monoisotopic (exact) mass is 178 g/mol. The largest absolute Gasteiger partial charge is 0.142 e. The smallest absolute Gasteiger partial charge is 0.101 e. The molecule has 1 heterocycles. The average Bonchev–Trinajstić information content (AvgIpc) is 2.33. The summed E-state index contributed by atoms with van der Waals surface area (Å²) in [6, 6.07) is 0. The van der Waals surface area contributed by atoms with Crippen LogP contribution in [0.25, 0.3) is 0 Å². The lowest BCUT2D eigenvalue weighted by molar-refractivity contribution is 1.05. The third-order valence-corrected chi connectivity index (χ3v) is 4.39. The summed E-state index contributed by atoms with van der Waals surface area (Å²) < 4.78 is -0.660. The number of rotatable bonds is 0. The summed E-state index contributed by atoms with van der Waals surface area (Å²) in [7, 11) is 0. The number of hydrogen-bond donors (Lipinski definition) is 0. The quantitative estimate of drug-likeness (QED) is 0.407. The van der Waals surface area contributed by atoms with Gasteiger partial charge in [-0.05, 0) is 0 Å². The number of thioether (sulfide) groups is 1. The molecular formula is C6H4Cl2S. The third-order valence-electron chi connectivity index (χ3n) is 1.45. The highest BCUT2D eigenvalue weighted by Gasteiger charge is 2.65. The van der Waals surface area contributed by atoms with Crippen molar-refractivity contribution in [3.63, 3.8) is 0 Å². The van der Waals surface area contributed by atoms with Crippen LogP contribution in [0.3, 0.4) is 0 Å². The molecule has 0 aromatic carbocycles. The van der Waals surface area contributed by atoms with Gasteiger partial charge in [0, 0.05) is 0 Å². The van der Waals surface area contributed by atoms with Crippen molar-refractivity contribution in [1.29, 1.82) is 0 Å². The fourth-order valence-corrected chi connectivity index (χ4v) is 2.78. The molecule has 0 aromatic rings. The molecule has 9 heavy (non-hydrogen) atoms. The van der Waals surface area contributed by atoms with Gasteiger partial charge in [-0.1, -0.05) is 47.5 Å². The molecule has 3 heteroatoms. The van der Waals surface area contributed by atoms with Crippen LogP contribution in [0.4, 0.5) is 0 Å². The molecule has 0 bridgehead atoms. The maximum Gasteiger partial charge on any atom is 0.142 e. The summed E-state index contributed by atoms with van der Waals surface area (Å²) in [5.74, 6) is 0. The van der Waals surface area contributed by atoms with E-state index in [-0.39, 0.29) is 8.41 Å². The first-order valence-corrected chi connectivity index (χ1v) is 4.19. The van der Waals surface area contributed by atoms with Crippen molar-refractivity contribution in [2.45, 2.75) is 8.41 Å². The number of alkyl halides is 2. The van der Waals surface area contributed by atoms with E-state index < -0.39 is 0 Å². The molecule has 0 spiro atoms. The van der Waals surface area contributed by atoms with Crippen LogP contribution in [-0.2, 0) is 0 Å². The Morgan fingerprint density at radius 3 is 1.78 bits per heavy atom. The molecule has 0 radical (unpaired) electrons. The minimum Gasteiger partial charge on any atom is -0.101 e. The van der Waals surface area contributed by atoms with Gasteiger partial charge in [0.25, 0.3) is 0 Å². The van der Waals surface area contributed by atoms with Gasteiger partial charge >= 0.3 is 0 Å². The van der Waals surface area contributed by atoms with Crippen molar-refractivity contribution in [1.82, 2.24) is 0 Å². The van der Waals surface area contributed by atoms with Gasteiger partial charge in [0.2, 0.25) is 0 Å². The molecule has 0 aromatic heterocycles. The van der Waals surface area contributed by atoms with Gasteiger partial charge in [-0.25, -0.2) is 0 Å². The maximum absolute atomic E-state index is 5.98. The van der Waals surface area contributed by atoms with Gasteiger partial charge in [0.1, 0.15) is 8.41 Å². The van der Waals surface area contributed by atoms with Crippen LogP contribution in [0, 0.1) is 0 Å². The summed E-state index contributed by atoms with van der Waals surface area (Å²) in [5, 5.41) is 0. The Balaban J connectivity index is 2.40. The van der Waals surface area contributed by atoms with Gasteiger partial charge in [0.15, 0.2) is 0 Å². The maximum atomic E-state index is 5.98. The predicted molar refractivity (Wildman–Crippen MR) is 43.0 cm³/mol. The molecular weight excluding hydrogens is 175 g/mol. The van der Waals surface area contributed by atoms with Crippen molar-refractivity contribution in [2.75, 3.05) is 0 Å². The Bertz CT molecular complexity index is 189. The van der Waals surface area contributed by atoms with Crippen LogP contribution in [0.1, 0.15) is 0 Å². The molecule has 1 aliphatic carbocycles. The Morgan fingerprint density at radius 2 is 1.44 bits per heavy atom. The molecule has 0 nitrogen and oxygen atoms in total. The van der Waals surface area contributed by atoms with E-state index in [0.29, 0.717) is 0 Å². The lowest BCUT2D eigenvalue weighted by atomic mass is 10.2. The third kappa shape index (κ3) is 0.688. The molecule has 0 amide bonds. The SMILES string of the molecule is ClC12C=CC=CC1(Cl)S2. The van der Waals surface area contributed by atoms with Crippen LogP contribution in [0.15, 0.2) is 24.3 Å². The van der Waals surface area contributed by atoms with E-state index in [1.54, 1.807) is 11.8 Å². The fraction of sp³-hybridized carbons (Fsp3) is 0.333. The van der Waals surface area contributed by atoms with Gasteiger partial charge in [0.05, 0.1) is 0 Å². The Kier molecular flexibility index (Phi) is 1.04. The molecule has 0 N–H and O–H groups in total. The average molecular weight is 179 g/mol. The summed E-state index contributed by atoms with van der Waals surface area (Å²) in [4.78, 5) is 0. The van der Waals surface area contributed by atoms with Crippen LogP contribution >= 0.6 is 35.0 Å². The standard InChI is InChI=1S/C6H4Cl2S/c7-5-3-1-2-4-6(5,8)9-5/h1-4H. The highest BCUT2D eigenvalue weighted by atomic mass is 35.5. The number of hydrogen-bond acceptors (Lipinski definition) is 1. The summed E-state index contributed by atoms with van der Waals surface area (Å²) in [6.45, 7) is 0. The first-order chi connectivity index (χ1) is 4.16. The summed E-state index contributed by atoms with van der Waals surface area (Å²) in [5.41, 5.74) is 0. The van der Waals surface area contributed by atoms with Crippen molar-refractivity contribution in [2.24, 2.45) is 0 Å². The van der Waals surface area contributed by atoms with E-state index in [9.17, 15) is 0 Å². The number of allylic oxidation sites excluding steroid dienone is 2. The van der Waals surface area contributed by atoms with E-state index >= 15 is 0 Å². The molecule has 2 unspecified atom stereocenters. The normalized spacial score (nSPS) is 53.1. The summed E-state index contributed by atoms with van der Waals surface area (Å²) >= 11 is 13.5. The second-order valence-corrected chi connectivity index (χ2v) is 5.24. The zero-order valence-corrected chi connectivity index (χ0v) is 6.80. The molecule has 2 atom stereocenters. The van der Waals surface area contributed by atoms with Crippen molar-refractivity contribution in [3.8, 4) is 0 Å². The predicted octanol–water partition coefficient (Wildman–Crippen LogP) is 2.73. The molecule has 1 aliphatic heterocycles. The second kappa shape index (κ2) is 1.52. The Hall–Kier alpha value is 0.410. The van der Waals surface area contributed by atoms with Crippen molar-refractivity contribution in [3.05, 3.63) is 24.3 Å². The van der Waals surface area contributed by atoms with E-state index in [1.807, 2.05) is 24.3 Å². The van der Waals surface area contributed by atoms with Crippen LogP contribution in [-0.4, -0.2) is 8.41 Å².